The lowest BCUT2D eigenvalue weighted by Gasteiger charge is -2.19. The Labute approximate surface area is 89.6 Å². The van der Waals surface area contributed by atoms with Gasteiger partial charge in [0.1, 0.15) is 5.76 Å². The molecule has 1 fully saturated rings. The lowest BCUT2D eigenvalue weighted by molar-refractivity contribution is 0.144. The van der Waals surface area contributed by atoms with Gasteiger partial charge < -0.3 is 19.2 Å². The summed E-state index contributed by atoms with van der Waals surface area (Å²) in [5.41, 5.74) is 0. The van der Waals surface area contributed by atoms with Crippen LogP contribution in [0.2, 0.25) is 0 Å². The van der Waals surface area contributed by atoms with Gasteiger partial charge in [-0.15, -0.1) is 0 Å². The third-order valence-corrected chi connectivity index (χ3v) is 2.59. The molecule has 1 aliphatic heterocycles. The van der Waals surface area contributed by atoms with Gasteiger partial charge in [0.15, 0.2) is 0 Å². The van der Waals surface area contributed by atoms with E-state index in [0.717, 1.165) is 25.4 Å². The van der Waals surface area contributed by atoms with Crippen LogP contribution >= 0.6 is 0 Å². The van der Waals surface area contributed by atoms with Gasteiger partial charge in [0.2, 0.25) is 0 Å². The SMILES string of the molecule is COCC(NC1CCOC1)c1ccco1. The molecule has 1 aromatic rings. The van der Waals surface area contributed by atoms with Gasteiger partial charge in [-0.2, -0.15) is 0 Å². The normalized spacial score (nSPS) is 23.1. The van der Waals surface area contributed by atoms with Crippen LogP contribution in [0.3, 0.4) is 0 Å². The Morgan fingerprint density at radius 3 is 3.20 bits per heavy atom. The van der Waals surface area contributed by atoms with E-state index in [4.69, 9.17) is 13.9 Å². The van der Waals surface area contributed by atoms with Crippen LogP contribution in [0.25, 0.3) is 0 Å². The Hall–Kier alpha value is -0.840. The first kappa shape index (κ1) is 10.7. The highest BCUT2D eigenvalue weighted by atomic mass is 16.5. The summed E-state index contributed by atoms with van der Waals surface area (Å²) in [5.74, 6) is 0.920. The monoisotopic (exact) mass is 211 g/mol. The molecule has 0 aromatic carbocycles. The van der Waals surface area contributed by atoms with Crippen LogP contribution in [0.4, 0.5) is 0 Å². The first-order chi connectivity index (χ1) is 7.40. The third kappa shape index (κ3) is 2.81. The summed E-state index contributed by atoms with van der Waals surface area (Å²) in [6.07, 6.45) is 2.74. The molecule has 1 N–H and O–H groups in total. The van der Waals surface area contributed by atoms with Crippen LogP contribution in [-0.2, 0) is 9.47 Å². The fourth-order valence-electron chi connectivity index (χ4n) is 1.82. The molecule has 15 heavy (non-hydrogen) atoms. The second kappa shape index (κ2) is 5.30. The molecule has 0 bridgehead atoms. The third-order valence-electron chi connectivity index (χ3n) is 2.59. The number of nitrogens with one attached hydrogen (secondary N) is 1. The minimum atomic E-state index is 0.122. The Morgan fingerprint density at radius 1 is 1.67 bits per heavy atom. The number of hydrogen-bond donors (Lipinski definition) is 1. The number of methoxy groups -OCH3 is 1. The molecule has 84 valence electrons. The van der Waals surface area contributed by atoms with E-state index < -0.39 is 0 Å². The van der Waals surface area contributed by atoms with E-state index >= 15 is 0 Å². The quantitative estimate of drug-likeness (QED) is 0.798. The number of hydrogen-bond acceptors (Lipinski definition) is 4. The maximum absolute atomic E-state index is 5.38. The largest absolute Gasteiger partial charge is 0.468 e. The summed E-state index contributed by atoms with van der Waals surface area (Å²) in [6.45, 7) is 2.24. The molecule has 4 nitrogen and oxygen atoms in total. The highest BCUT2D eigenvalue weighted by Crippen LogP contribution is 2.16. The lowest BCUT2D eigenvalue weighted by Crippen LogP contribution is -2.35. The van der Waals surface area contributed by atoms with Gasteiger partial charge in [-0.3, -0.25) is 0 Å². The van der Waals surface area contributed by atoms with Crippen molar-refractivity contribution in [3.05, 3.63) is 24.2 Å². The highest BCUT2D eigenvalue weighted by molar-refractivity contribution is 5.05. The van der Waals surface area contributed by atoms with Crippen LogP contribution < -0.4 is 5.32 Å². The highest BCUT2D eigenvalue weighted by Gasteiger charge is 2.22. The summed E-state index contributed by atoms with van der Waals surface area (Å²) in [6, 6.07) is 4.39. The van der Waals surface area contributed by atoms with Crippen LogP contribution in [0.1, 0.15) is 18.2 Å². The zero-order chi connectivity index (χ0) is 10.5. The van der Waals surface area contributed by atoms with E-state index in [9.17, 15) is 0 Å². The molecule has 4 heteroatoms. The molecule has 1 aliphatic rings. The molecule has 0 aliphatic carbocycles. The van der Waals surface area contributed by atoms with Gasteiger partial charge in [0, 0.05) is 19.8 Å². The first-order valence-corrected chi connectivity index (χ1v) is 5.26. The first-order valence-electron chi connectivity index (χ1n) is 5.26. The fourth-order valence-corrected chi connectivity index (χ4v) is 1.82. The van der Waals surface area contributed by atoms with Crippen LogP contribution in [0.15, 0.2) is 22.8 Å². The Morgan fingerprint density at radius 2 is 2.60 bits per heavy atom. The molecule has 2 rings (SSSR count). The average molecular weight is 211 g/mol. The molecule has 1 saturated heterocycles. The minimum absolute atomic E-state index is 0.122. The number of ether oxygens (including phenoxy) is 2. The summed E-state index contributed by atoms with van der Waals surface area (Å²) in [7, 11) is 1.70. The van der Waals surface area contributed by atoms with Gasteiger partial charge in [-0.1, -0.05) is 0 Å². The van der Waals surface area contributed by atoms with Crippen molar-refractivity contribution in [2.75, 3.05) is 26.9 Å². The summed E-state index contributed by atoms with van der Waals surface area (Å²) in [5, 5.41) is 3.48. The van der Waals surface area contributed by atoms with Gasteiger partial charge in [0.05, 0.1) is 25.5 Å². The molecule has 1 aromatic heterocycles. The summed E-state index contributed by atoms with van der Waals surface area (Å²) >= 11 is 0. The Kier molecular flexibility index (Phi) is 3.77. The van der Waals surface area contributed by atoms with Crippen molar-refractivity contribution in [1.82, 2.24) is 5.32 Å². The molecule has 0 amide bonds. The fraction of sp³-hybridized carbons (Fsp3) is 0.636. The van der Waals surface area contributed by atoms with E-state index in [1.807, 2.05) is 12.1 Å². The Bertz CT molecular complexity index is 267. The van der Waals surface area contributed by atoms with Crippen molar-refractivity contribution in [3.8, 4) is 0 Å². The summed E-state index contributed by atoms with van der Waals surface area (Å²) in [4.78, 5) is 0. The second-order valence-electron chi connectivity index (χ2n) is 3.75. The van der Waals surface area contributed by atoms with Gasteiger partial charge in [-0.05, 0) is 18.6 Å². The molecular formula is C11H17NO3. The van der Waals surface area contributed by atoms with Gasteiger partial charge >= 0.3 is 0 Å². The van der Waals surface area contributed by atoms with Crippen molar-refractivity contribution in [1.29, 1.82) is 0 Å². The van der Waals surface area contributed by atoms with E-state index in [-0.39, 0.29) is 6.04 Å². The van der Waals surface area contributed by atoms with Crippen LogP contribution in [0.5, 0.6) is 0 Å². The van der Waals surface area contributed by atoms with Crippen molar-refractivity contribution < 1.29 is 13.9 Å². The molecule has 2 atom stereocenters. The number of rotatable bonds is 5. The topological polar surface area (TPSA) is 43.6 Å². The zero-order valence-corrected chi connectivity index (χ0v) is 8.94. The van der Waals surface area contributed by atoms with Crippen molar-refractivity contribution in [2.24, 2.45) is 0 Å². The minimum Gasteiger partial charge on any atom is -0.468 e. The average Bonchev–Trinajstić information content (AvgIpc) is 2.89. The molecular weight excluding hydrogens is 194 g/mol. The van der Waals surface area contributed by atoms with Crippen molar-refractivity contribution in [3.63, 3.8) is 0 Å². The lowest BCUT2D eigenvalue weighted by atomic mass is 10.2. The van der Waals surface area contributed by atoms with E-state index in [1.165, 1.54) is 0 Å². The van der Waals surface area contributed by atoms with E-state index in [0.29, 0.717) is 12.6 Å². The van der Waals surface area contributed by atoms with Crippen LogP contribution in [-0.4, -0.2) is 33.0 Å². The predicted molar refractivity (Wildman–Crippen MR) is 55.7 cm³/mol. The van der Waals surface area contributed by atoms with Crippen molar-refractivity contribution >= 4 is 0 Å². The van der Waals surface area contributed by atoms with E-state index in [2.05, 4.69) is 5.32 Å². The van der Waals surface area contributed by atoms with Gasteiger partial charge in [0.25, 0.3) is 0 Å². The molecule has 0 spiro atoms. The van der Waals surface area contributed by atoms with Gasteiger partial charge in [-0.25, -0.2) is 0 Å². The van der Waals surface area contributed by atoms with Crippen molar-refractivity contribution in [2.45, 2.75) is 18.5 Å². The molecule has 2 heterocycles. The molecule has 0 radical (unpaired) electrons. The standard InChI is InChI=1S/C11H17NO3/c1-13-8-10(11-3-2-5-15-11)12-9-4-6-14-7-9/h2-3,5,9-10,12H,4,6-8H2,1H3. The Balaban J connectivity index is 1.93. The maximum Gasteiger partial charge on any atom is 0.123 e. The summed E-state index contributed by atoms with van der Waals surface area (Å²) < 4.78 is 15.9. The smallest absolute Gasteiger partial charge is 0.123 e. The maximum atomic E-state index is 5.38. The second-order valence-corrected chi connectivity index (χ2v) is 3.75. The molecule has 0 saturated carbocycles. The molecule has 2 unspecified atom stereocenters. The van der Waals surface area contributed by atoms with E-state index in [1.54, 1.807) is 13.4 Å². The van der Waals surface area contributed by atoms with Crippen LogP contribution in [0, 0.1) is 0 Å². The zero-order valence-electron chi connectivity index (χ0n) is 8.94. The predicted octanol–water partition coefficient (Wildman–Crippen LogP) is 1.35. The number of furan rings is 1.